The van der Waals surface area contributed by atoms with Gasteiger partial charge in [0.25, 0.3) is 0 Å². The molecule has 6 heterocycles. The minimum Gasteiger partial charge on any atom is -0.265 e. The zero-order valence-electron chi connectivity index (χ0n) is 45.9. The standard InChI is InChI=1S/2C15H12.C12H11N.3C6H7N.C5H6N2.C4H5N3/c1-11-10-12-6-2-3-8-14(12)15-9-5-4-7-13(11)15;1-11-6-7-14-9-12-4-2-3-5-13(12)10-15(14)8-11;1-10-6-5-9-12(13-10)11-7-3-2-4-8-11;1-6-2-4-7-5-3-6;1-6-3-2-4-7-5-6;1-6-4-2-3-5-7-6;1-5-6-3-2-4-7-5;1-4-6-2-5-3-7-4/h2*2-10H,1H3;2-9H,1H3;3*2-5H,1H3;2-4H,1H3;2-3H,1H3. The Balaban J connectivity index is 0.000000148. The van der Waals surface area contributed by atoms with E-state index in [4.69, 9.17) is 0 Å². The zero-order valence-corrected chi connectivity index (χ0v) is 45.9. The Hall–Kier alpha value is -9.73. The Morgan fingerprint density at radius 2 is 0.859 bits per heavy atom. The third-order valence-corrected chi connectivity index (χ3v) is 11.6. The highest BCUT2D eigenvalue weighted by Gasteiger charge is 2.02. The van der Waals surface area contributed by atoms with Crippen LogP contribution in [0.4, 0.5) is 0 Å². The normalized spacial score (nSPS) is 9.79. The zero-order chi connectivity index (χ0) is 55.2. The van der Waals surface area contributed by atoms with Crippen molar-refractivity contribution in [2.75, 3.05) is 0 Å². The lowest BCUT2D eigenvalue weighted by Gasteiger charge is -2.06. The van der Waals surface area contributed by atoms with Crippen molar-refractivity contribution in [2.45, 2.75) is 55.4 Å². The second-order valence-corrected chi connectivity index (χ2v) is 18.0. The number of hydrogen-bond acceptors (Lipinski definition) is 9. The SMILES string of the molecule is Cc1cc2ccccc2c2ccccc12.Cc1ccc2cc3ccccc3cc2c1.Cc1cccc(-c2ccccc2)n1.Cc1ccccn1.Cc1cccnc1.Cc1ccncc1.Cc1ncccn1.Cc1ncncn1. The fourth-order valence-corrected chi connectivity index (χ4v) is 7.61. The van der Waals surface area contributed by atoms with Gasteiger partial charge in [-0.2, -0.15) is 0 Å². The fourth-order valence-electron chi connectivity index (χ4n) is 7.61. The van der Waals surface area contributed by atoms with E-state index in [1.54, 1.807) is 43.2 Å². The van der Waals surface area contributed by atoms with Crippen LogP contribution in [-0.2, 0) is 0 Å². The van der Waals surface area contributed by atoms with Crippen molar-refractivity contribution in [2.24, 2.45) is 0 Å². The van der Waals surface area contributed by atoms with Gasteiger partial charge in [-0.15, -0.1) is 0 Å². The van der Waals surface area contributed by atoms with Crippen molar-refractivity contribution >= 4 is 43.1 Å². The van der Waals surface area contributed by atoms with Gasteiger partial charge in [-0.25, -0.2) is 24.9 Å². The minimum atomic E-state index is 0.759. The number of pyridine rings is 4. The van der Waals surface area contributed by atoms with E-state index in [1.165, 1.54) is 83.6 Å². The summed E-state index contributed by atoms with van der Waals surface area (Å²) in [6.07, 6.45) is 15.4. The Labute approximate surface area is 460 Å². The molecule has 13 rings (SSSR count). The third-order valence-electron chi connectivity index (χ3n) is 11.6. The second-order valence-electron chi connectivity index (χ2n) is 18.0. The molecule has 78 heavy (non-hydrogen) atoms. The van der Waals surface area contributed by atoms with Gasteiger partial charge in [0.2, 0.25) is 0 Å². The number of hydrogen-bond donors (Lipinski definition) is 0. The molecule has 7 aromatic carbocycles. The van der Waals surface area contributed by atoms with E-state index in [0.29, 0.717) is 0 Å². The molecule has 0 atom stereocenters. The van der Waals surface area contributed by atoms with Crippen molar-refractivity contribution in [1.82, 2.24) is 44.9 Å². The summed E-state index contributed by atoms with van der Waals surface area (Å²) in [6.45, 7) is 16.0. The molecule has 6 aromatic heterocycles. The monoisotopic (exact) mass is 1020 g/mol. The summed E-state index contributed by atoms with van der Waals surface area (Å²) in [6, 6.07) is 70.9. The number of rotatable bonds is 1. The highest BCUT2D eigenvalue weighted by Crippen LogP contribution is 2.28. The van der Waals surface area contributed by atoms with Gasteiger partial charge < -0.3 is 0 Å². The summed E-state index contributed by atoms with van der Waals surface area (Å²) >= 11 is 0. The highest BCUT2D eigenvalue weighted by molar-refractivity contribution is 6.08. The Morgan fingerprint density at radius 1 is 0.282 bits per heavy atom. The number of benzene rings is 7. The van der Waals surface area contributed by atoms with E-state index in [9.17, 15) is 0 Å². The molecule has 0 saturated heterocycles. The molecule has 0 N–H and O–H groups in total. The van der Waals surface area contributed by atoms with Crippen molar-refractivity contribution in [3.63, 3.8) is 0 Å². The lowest BCUT2D eigenvalue weighted by atomic mass is 9.98. The lowest BCUT2D eigenvalue weighted by Crippen LogP contribution is -1.84. The molecule has 0 amide bonds. The minimum absolute atomic E-state index is 0.759. The molecule has 0 radical (unpaired) electrons. The maximum absolute atomic E-state index is 4.44. The van der Waals surface area contributed by atoms with E-state index in [-0.39, 0.29) is 0 Å². The molecule has 388 valence electrons. The number of fused-ring (bicyclic) bond motifs is 5. The summed E-state index contributed by atoms with van der Waals surface area (Å²) in [5.74, 6) is 1.58. The Bertz CT molecular complexity index is 3540. The predicted molar refractivity (Wildman–Crippen MR) is 325 cm³/mol. The molecule has 9 nitrogen and oxygen atoms in total. The summed E-state index contributed by atoms with van der Waals surface area (Å²) in [5.41, 5.74) is 9.48. The maximum Gasteiger partial charge on any atom is 0.128 e. The van der Waals surface area contributed by atoms with Gasteiger partial charge >= 0.3 is 0 Å². The van der Waals surface area contributed by atoms with Gasteiger partial charge in [0.1, 0.15) is 24.3 Å². The van der Waals surface area contributed by atoms with Crippen LogP contribution in [-0.4, -0.2) is 44.9 Å². The van der Waals surface area contributed by atoms with Gasteiger partial charge in [-0.05, 0) is 176 Å². The van der Waals surface area contributed by atoms with Crippen molar-refractivity contribution in [3.8, 4) is 11.3 Å². The summed E-state index contributed by atoms with van der Waals surface area (Å²) in [7, 11) is 0. The first kappa shape index (κ1) is 57.5. The molecule has 0 aliphatic rings. The van der Waals surface area contributed by atoms with Crippen LogP contribution in [0.5, 0.6) is 0 Å². The molecule has 0 bridgehead atoms. The van der Waals surface area contributed by atoms with Crippen LogP contribution in [0.25, 0.3) is 54.3 Å². The van der Waals surface area contributed by atoms with Crippen molar-refractivity contribution in [3.05, 3.63) is 308 Å². The Morgan fingerprint density at radius 3 is 1.38 bits per heavy atom. The average Bonchev–Trinajstić information content (AvgIpc) is 3.55. The molecule has 0 saturated carbocycles. The first-order chi connectivity index (χ1) is 38.0. The molecular weight excluding hydrogens is 955 g/mol. The highest BCUT2D eigenvalue weighted by atomic mass is 15.0. The topological polar surface area (TPSA) is 116 Å². The molecule has 0 aliphatic carbocycles. The molecule has 0 fully saturated rings. The fraction of sp³-hybridized carbons (Fsp3) is 0.116. The van der Waals surface area contributed by atoms with Gasteiger partial charge in [0, 0.05) is 60.3 Å². The number of aromatic nitrogens is 9. The number of nitrogens with zero attached hydrogens (tertiary/aromatic N) is 9. The third kappa shape index (κ3) is 20.2. The van der Waals surface area contributed by atoms with E-state index in [1.807, 2.05) is 127 Å². The smallest absolute Gasteiger partial charge is 0.128 e. The summed E-state index contributed by atoms with van der Waals surface area (Å²) in [4.78, 5) is 35.0. The molecule has 13 aromatic rings. The van der Waals surface area contributed by atoms with Gasteiger partial charge in [-0.3, -0.25) is 19.9 Å². The number of aryl methyl sites for hydroxylation is 8. The van der Waals surface area contributed by atoms with E-state index in [2.05, 4.69) is 180 Å². The lowest BCUT2D eigenvalue weighted by molar-refractivity contribution is 0.974. The first-order valence-electron chi connectivity index (χ1n) is 25.7. The van der Waals surface area contributed by atoms with E-state index >= 15 is 0 Å². The van der Waals surface area contributed by atoms with Crippen molar-refractivity contribution in [1.29, 1.82) is 0 Å². The van der Waals surface area contributed by atoms with Crippen LogP contribution in [0.1, 0.15) is 45.3 Å². The molecule has 0 unspecified atom stereocenters. The van der Waals surface area contributed by atoms with Crippen LogP contribution in [0.2, 0.25) is 0 Å². The van der Waals surface area contributed by atoms with Crippen LogP contribution in [0, 0.1) is 55.4 Å². The van der Waals surface area contributed by atoms with Gasteiger partial charge in [0.15, 0.2) is 0 Å². The molecule has 0 aliphatic heterocycles. The first-order valence-corrected chi connectivity index (χ1v) is 25.7. The maximum atomic E-state index is 4.44. The van der Waals surface area contributed by atoms with Crippen LogP contribution >= 0.6 is 0 Å². The van der Waals surface area contributed by atoms with Crippen LogP contribution in [0.3, 0.4) is 0 Å². The summed E-state index contributed by atoms with van der Waals surface area (Å²) < 4.78 is 0. The molecule has 0 spiro atoms. The molecular formula is C69H67N9. The van der Waals surface area contributed by atoms with Crippen LogP contribution in [0.15, 0.2) is 262 Å². The van der Waals surface area contributed by atoms with Gasteiger partial charge in [0.05, 0.1) is 5.69 Å². The van der Waals surface area contributed by atoms with Crippen molar-refractivity contribution < 1.29 is 0 Å². The Kier molecular flexibility index (Phi) is 23.5. The van der Waals surface area contributed by atoms with Crippen LogP contribution < -0.4 is 0 Å². The largest absolute Gasteiger partial charge is 0.265 e. The summed E-state index contributed by atoms with van der Waals surface area (Å²) in [5, 5.41) is 10.7. The second kappa shape index (κ2) is 31.9. The molecule has 9 heteroatoms. The van der Waals surface area contributed by atoms with E-state index < -0.39 is 0 Å². The van der Waals surface area contributed by atoms with Gasteiger partial charge in [-0.1, -0.05) is 151 Å². The average molecular weight is 1020 g/mol. The van der Waals surface area contributed by atoms with E-state index in [0.717, 1.165) is 28.7 Å². The predicted octanol–water partition coefficient (Wildman–Crippen LogP) is 16.8. The quantitative estimate of drug-likeness (QED) is 0.117.